The minimum absolute atomic E-state index is 0.0786. The van der Waals surface area contributed by atoms with E-state index in [2.05, 4.69) is 15.6 Å². The Morgan fingerprint density at radius 1 is 1.32 bits per heavy atom. The zero-order valence-corrected chi connectivity index (χ0v) is 11.7. The van der Waals surface area contributed by atoms with Gasteiger partial charge in [0.1, 0.15) is 5.75 Å². The normalized spacial score (nSPS) is 10.8. The molecule has 1 aromatic heterocycles. The number of halogens is 2. The van der Waals surface area contributed by atoms with Crippen molar-refractivity contribution in [1.29, 1.82) is 0 Å². The number of phenolic OH excluding ortho intramolecular Hbond substituents is 1. The van der Waals surface area contributed by atoms with Gasteiger partial charge in [-0.1, -0.05) is 28.4 Å². The van der Waals surface area contributed by atoms with E-state index in [-0.39, 0.29) is 10.8 Å². The van der Waals surface area contributed by atoms with Gasteiger partial charge < -0.3 is 10.4 Å². The summed E-state index contributed by atoms with van der Waals surface area (Å²) in [4.78, 5) is 0. The van der Waals surface area contributed by atoms with Crippen LogP contribution in [0.3, 0.4) is 0 Å². The lowest BCUT2D eigenvalue weighted by atomic mass is 10.2. The van der Waals surface area contributed by atoms with Gasteiger partial charge in [-0.2, -0.15) is 0 Å². The molecule has 0 fully saturated rings. The van der Waals surface area contributed by atoms with Gasteiger partial charge in [0.25, 0.3) is 0 Å². The molecule has 7 heteroatoms. The van der Waals surface area contributed by atoms with E-state index < -0.39 is 0 Å². The zero-order valence-electron chi connectivity index (χ0n) is 10.2. The molecule has 0 bridgehead atoms. The van der Waals surface area contributed by atoms with Crippen molar-refractivity contribution in [3.8, 4) is 5.75 Å². The van der Waals surface area contributed by atoms with Gasteiger partial charge in [-0.05, 0) is 25.1 Å². The first-order valence-corrected chi connectivity index (χ1v) is 6.64. The van der Waals surface area contributed by atoms with E-state index in [1.54, 1.807) is 16.9 Å². The van der Waals surface area contributed by atoms with E-state index in [4.69, 9.17) is 23.2 Å². The highest BCUT2D eigenvalue weighted by Gasteiger charge is 2.07. The van der Waals surface area contributed by atoms with Crippen LogP contribution in [-0.4, -0.2) is 26.6 Å². The van der Waals surface area contributed by atoms with Crippen molar-refractivity contribution in [3.63, 3.8) is 0 Å². The first-order valence-electron chi connectivity index (χ1n) is 5.88. The van der Waals surface area contributed by atoms with Crippen LogP contribution in [0.1, 0.15) is 12.0 Å². The summed E-state index contributed by atoms with van der Waals surface area (Å²) >= 11 is 11.7. The third kappa shape index (κ3) is 4.09. The van der Waals surface area contributed by atoms with E-state index >= 15 is 0 Å². The summed E-state index contributed by atoms with van der Waals surface area (Å²) in [5, 5.41) is 21.4. The van der Waals surface area contributed by atoms with E-state index in [0.29, 0.717) is 17.1 Å². The van der Waals surface area contributed by atoms with Gasteiger partial charge in [-0.3, -0.25) is 4.68 Å². The third-order valence-corrected chi connectivity index (χ3v) is 3.14. The summed E-state index contributed by atoms with van der Waals surface area (Å²) in [5.41, 5.74) is 0.693. The maximum absolute atomic E-state index is 9.78. The molecular formula is C12H14Cl2N4O. The fourth-order valence-corrected chi connectivity index (χ4v) is 2.23. The predicted octanol–water partition coefficient (Wildman–Crippen LogP) is 2.47. The molecule has 0 radical (unpaired) electrons. The fraction of sp³-hybridized carbons (Fsp3) is 0.333. The van der Waals surface area contributed by atoms with Gasteiger partial charge in [0.2, 0.25) is 0 Å². The molecule has 0 spiro atoms. The molecule has 0 aliphatic heterocycles. The molecule has 0 saturated carbocycles. The number of aromatic hydroxyl groups is 1. The molecule has 0 amide bonds. The predicted molar refractivity (Wildman–Crippen MR) is 74.5 cm³/mol. The van der Waals surface area contributed by atoms with Crippen LogP contribution < -0.4 is 5.32 Å². The Morgan fingerprint density at radius 3 is 2.89 bits per heavy atom. The monoisotopic (exact) mass is 300 g/mol. The van der Waals surface area contributed by atoms with Crippen LogP contribution in [0.5, 0.6) is 5.75 Å². The zero-order chi connectivity index (χ0) is 13.7. The van der Waals surface area contributed by atoms with Gasteiger partial charge in [-0.25, -0.2) is 0 Å². The molecule has 0 aliphatic rings. The lowest BCUT2D eigenvalue weighted by molar-refractivity contribution is 0.462. The number of hydrogen-bond donors (Lipinski definition) is 2. The second-order valence-electron chi connectivity index (χ2n) is 4.09. The van der Waals surface area contributed by atoms with Crippen LogP contribution >= 0.6 is 23.2 Å². The molecule has 19 heavy (non-hydrogen) atoms. The minimum atomic E-state index is 0.0786. The Morgan fingerprint density at radius 2 is 2.16 bits per heavy atom. The van der Waals surface area contributed by atoms with Crippen molar-refractivity contribution >= 4 is 23.2 Å². The minimum Gasteiger partial charge on any atom is -0.506 e. The molecule has 2 rings (SSSR count). The van der Waals surface area contributed by atoms with E-state index in [1.165, 1.54) is 6.07 Å². The highest BCUT2D eigenvalue weighted by Crippen LogP contribution is 2.30. The number of benzene rings is 1. The number of nitrogens with zero attached hydrogens (tertiary/aromatic N) is 3. The number of rotatable bonds is 6. The Hall–Kier alpha value is -1.30. The molecule has 102 valence electrons. The number of hydrogen-bond acceptors (Lipinski definition) is 4. The molecule has 0 unspecified atom stereocenters. The van der Waals surface area contributed by atoms with Crippen molar-refractivity contribution in [2.75, 3.05) is 6.54 Å². The largest absolute Gasteiger partial charge is 0.506 e. The van der Waals surface area contributed by atoms with Crippen LogP contribution in [0.4, 0.5) is 0 Å². The SMILES string of the molecule is Oc1c(Cl)cc(Cl)cc1CNCCCn1ccnn1. The molecule has 2 aromatic rings. The molecule has 5 nitrogen and oxygen atoms in total. The average Bonchev–Trinajstić information content (AvgIpc) is 2.87. The number of nitrogens with one attached hydrogen (secondary N) is 1. The van der Waals surface area contributed by atoms with E-state index in [0.717, 1.165) is 19.5 Å². The van der Waals surface area contributed by atoms with Crippen molar-refractivity contribution in [2.24, 2.45) is 0 Å². The summed E-state index contributed by atoms with van der Waals surface area (Å²) in [6.07, 6.45) is 4.39. The summed E-state index contributed by atoms with van der Waals surface area (Å²) < 4.78 is 1.77. The van der Waals surface area contributed by atoms with Crippen LogP contribution in [0.15, 0.2) is 24.5 Å². The van der Waals surface area contributed by atoms with Crippen LogP contribution in [0.25, 0.3) is 0 Å². The first-order chi connectivity index (χ1) is 9.16. The van der Waals surface area contributed by atoms with Gasteiger partial charge in [0.05, 0.1) is 11.2 Å². The second-order valence-corrected chi connectivity index (χ2v) is 4.94. The van der Waals surface area contributed by atoms with Crippen molar-refractivity contribution in [1.82, 2.24) is 20.3 Å². The van der Waals surface area contributed by atoms with Gasteiger partial charge in [0.15, 0.2) is 0 Å². The number of aryl methyl sites for hydroxylation is 1. The lowest BCUT2D eigenvalue weighted by Crippen LogP contribution is -2.16. The van der Waals surface area contributed by atoms with Gasteiger partial charge in [-0.15, -0.1) is 5.10 Å². The Balaban J connectivity index is 1.76. The molecule has 0 atom stereocenters. The van der Waals surface area contributed by atoms with Crippen molar-refractivity contribution in [3.05, 3.63) is 40.1 Å². The van der Waals surface area contributed by atoms with Crippen molar-refractivity contribution < 1.29 is 5.11 Å². The number of phenols is 1. The standard InChI is InChI=1S/C12H14Cl2N4O/c13-10-6-9(12(19)11(14)7-10)8-15-2-1-4-18-5-3-16-17-18/h3,5-7,15,19H,1-2,4,8H2. The Labute approximate surface area is 121 Å². The average molecular weight is 301 g/mol. The smallest absolute Gasteiger partial charge is 0.138 e. The topological polar surface area (TPSA) is 63.0 Å². The van der Waals surface area contributed by atoms with Crippen LogP contribution in [0, 0.1) is 0 Å². The van der Waals surface area contributed by atoms with E-state index in [9.17, 15) is 5.11 Å². The summed E-state index contributed by atoms with van der Waals surface area (Å²) in [5.74, 6) is 0.0786. The maximum Gasteiger partial charge on any atom is 0.138 e. The Bertz CT molecular complexity index is 531. The highest BCUT2D eigenvalue weighted by molar-refractivity contribution is 6.35. The van der Waals surface area contributed by atoms with Gasteiger partial charge >= 0.3 is 0 Å². The molecule has 0 aliphatic carbocycles. The quantitative estimate of drug-likeness (QED) is 0.805. The number of aromatic nitrogens is 3. The molecule has 2 N–H and O–H groups in total. The second kappa shape index (κ2) is 6.75. The maximum atomic E-state index is 9.78. The Kier molecular flexibility index (Phi) is 5.01. The van der Waals surface area contributed by atoms with Crippen LogP contribution in [-0.2, 0) is 13.1 Å². The first kappa shape index (κ1) is 14.1. The fourth-order valence-electron chi connectivity index (χ4n) is 1.70. The summed E-state index contributed by atoms with van der Waals surface area (Å²) in [7, 11) is 0. The van der Waals surface area contributed by atoms with E-state index in [1.807, 2.05) is 6.20 Å². The summed E-state index contributed by atoms with van der Waals surface area (Å²) in [6.45, 7) is 2.11. The molecule has 1 aromatic carbocycles. The van der Waals surface area contributed by atoms with Crippen molar-refractivity contribution in [2.45, 2.75) is 19.5 Å². The molecule has 0 saturated heterocycles. The highest BCUT2D eigenvalue weighted by atomic mass is 35.5. The lowest BCUT2D eigenvalue weighted by Gasteiger charge is -2.08. The van der Waals surface area contributed by atoms with Gasteiger partial charge in [0, 0.05) is 29.9 Å². The van der Waals surface area contributed by atoms with Crippen LogP contribution in [0.2, 0.25) is 10.0 Å². The third-order valence-electron chi connectivity index (χ3n) is 2.64. The summed E-state index contributed by atoms with van der Waals surface area (Å²) in [6, 6.07) is 3.22. The molecule has 1 heterocycles. The molecular weight excluding hydrogens is 287 g/mol.